The summed E-state index contributed by atoms with van der Waals surface area (Å²) in [6, 6.07) is 15.2. The molecule has 0 heterocycles. The van der Waals surface area contributed by atoms with E-state index in [2.05, 4.69) is 5.32 Å². The number of rotatable bonds is 6. The van der Waals surface area contributed by atoms with Crippen molar-refractivity contribution in [1.82, 2.24) is 5.32 Å². The van der Waals surface area contributed by atoms with Crippen molar-refractivity contribution in [1.29, 1.82) is 0 Å². The number of hydrogen-bond acceptors (Lipinski definition) is 3. The van der Waals surface area contributed by atoms with Crippen LogP contribution >= 0.6 is 0 Å². The minimum atomic E-state index is -0.0321. The molecule has 110 valence electrons. The Labute approximate surface area is 124 Å². The quantitative estimate of drug-likeness (QED) is 0.887. The number of benzene rings is 2. The molecule has 0 aliphatic rings. The Bertz CT molecular complexity index is 593. The van der Waals surface area contributed by atoms with Gasteiger partial charge in [-0.2, -0.15) is 0 Å². The van der Waals surface area contributed by atoms with Gasteiger partial charge in [0.2, 0.25) is 5.91 Å². The zero-order chi connectivity index (χ0) is 15.1. The molecular weight excluding hydrogens is 266 g/mol. The topological polar surface area (TPSA) is 47.6 Å². The van der Waals surface area contributed by atoms with Crippen LogP contribution in [0, 0.1) is 0 Å². The molecule has 0 saturated heterocycles. The van der Waals surface area contributed by atoms with E-state index in [-0.39, 0.29) is 5.91 Å². The van der Waals surface area contributed by atoms with Crippen LogP contribution in [-0.2, 0) is 17.8 Å². The lowest BCUT2D eigenvalue weighted by molar-refractivity contribution is -0.120. The van der Waals surface area contributed by atoms with Crippen molar-refractivity contribution in [3.05, 3.63) is 59.7 Å². The summed E-state index contributed by atoms with van der Waals surface area (Å²) in [5.41, 5.74) is 1.91. The first-order valence-electron chi connectivity index (χ1n) is 6.74. The minimum absolute atomic E-state index is 0.0321. The zero-order valence-corrected chi connectivity index (χ0v) is 12.3. The number of hydrogen-bond donors (Lipinski definition) is 1. The van der Waals surface area contributed by atoms with Gasteiger partial charge in [0.1, 0.15) is 11.5 Å². The number of amides is 1. The third kappa shape index (κ3) is 4.24. The number of nitrogens with one attached hydrogen (secondary N) is 1. The van der Waals surface area contributed by atoms with Crippen LogP contribution in [0.15, 0.2) is 48.5 Å². The molecule has 0 spiro atoms. The molecule has 21 heavy (non-hydrogen) atoms. The lowest BCUT2D eigenvalue weighted by Crippen LogP contribution is -2.24. The average molecular weight is 285 g/mol. The molecule has 4 nitrogen and oxygen atoms in total. The number of carbonyl (C=O) groups excluding carboxylic acids is 1. The van der Waals surface area contributed by atoms with Gasteiger partial charge in [0, 0.05) is 12.1 Å². The summed E-state index contributed by atoms with van der Waals surface area (Å²) in [7, 11) is 3.23. The second kappa shape index (κ2) is 7.33. The summed E-state index contributed by atoms with van der Waals surface area (Å²) in [6.45, 7) is 0.498. The predicted molar refractivity (Wildman–Crippen MR) is 81.5 cm³/mol. The first-order chi connectivity index (χ1) is 10.2. The average Bonchev–Trinajstić information content (AvgIpc) is 2.54. The van der Waals surface area contributed by atoms with Crippen LogP contribution in [0.5, 0.6) is 11.5 Å². The van der Waals surface area contributed by atoms with E-state index in [0.29, 0.717) is 13.0 Å². The summed E-state index contributed by atoms with van der Waals surface area (Å²) < 4.78 is 10.3. The molecule has 1 amide bonds. The molecule has 0 unspecified atom stereocenters. The van der Waals surface area contributed by atoms with Gasteiger partial charge in [-0.25, -0.2) is 0 Å². The van der Waals surface area contributed by atoms with E-state index in [4.69, 9.17) is 9.47 Å². The van der Waals surface area contributed by atoms with Gasteiger partial charge in [-0.05, 0) is 23.8 Å². The molecule has 0 bridgehead atoms. The van der Waals surface area contributed by atoms with Crippen molar-refractivity contribution in [2.45, 2.75) is 13.0 Å². The molecule has 2 aromatic rings. The van der Waals surface area contributed by atoms with Gasteiger partial charge in [0.15, 0.2) is 0 Å². The predicted octanol–water partition coefficient (Wildman–Crippen LogP) is 2.56. The van der Waals surface area contributed by atoms with Crippen LogP contribution in [0.4, 0.5) is 0 Å². The monoisotopic (exact) mass is 285 g/mol. The van der Waals surface area contributed by atoms with E-state index >= 15 is 0 Å². The molecule has 2 rings (SSSR count). The highest BCUT2D eigenvalue weighted by molar-refractivity contribution is 5.79. The van der Waals surface area contributed by atoms with Gasteiger partial charge in [-0.15, -0.1) is 0 Å². The molecule has 0 radical (unpaired) electrons. The van der Waals surface area contributed by atoms with Crippen LogP contribution in [-0.4, -0.2) is 20.1 Å². The first-order valence-corrected chi connectivity index (χ1v) is 6.74. The normalized spacial score (nSPS) is 10.0. The number of carbonyl (C=O) groups is 1. The van der Waals surface area contributed by atoms with Crippen LogP contribution < -0.4 is 14.8 Å². The number of para-hydroxylation sites is 1. The SMILES string of the molecule is COc1ccc(CNC(=O)Cc2ccccc2OC)cc1. The van der Waals surface area contributed by atoms with Gasteiger partial charge in [-0.3, -0.25) is 4.79 Å². The molecule has 4 heteroatoms. The molecular formula is C17H19NO3. The van der Waals surface area contributed by atoms with E-state index in [1.807, 2.05) is 48.5 Å². The third-order valence-corrected chi connectivity index (χ3v) is 3.19. The van der Waals surface area contributed by atoms with Crippen molar-refractivity contribution < 1.29 is 14.3 Å². The summed E-state index contributed by atoms with van der Waals surface area (Å²) >= 11 is 0. The van der Waals surface area contributed by atoms with Crippen molar-refractivity contribution >= 4 is 5.91 Å². The van der Waals surface area contributed by atoms with E-state index in [9.17, 15) is 4.79 Å². The second-order valence-electron chi connectivity index (χ2n) is 4.61. The van der Waals surface area contributed by atoms with Crippen molar-refractivity contribution in [2.75, 3.05) is 14.2 Å². The summed E-state index contributed by atoms with van der Waals surface area (Å²) in [6.07, 6.45) is 0.306. The molecule has 0 aromatic heterocycles. The largest absolute Gasteiger partial charge is 0.497 e. The van der Waals surface area contributed by atoms with Crippen LogP contribution in [0.1, 0.15) is 11.1 Å². The maximum Gasteiger partial charge on any atom is 0.224 e. The fourth-order valence-corrected chi connectivity index (χ4v) is 2.03. The lowest BCUT2D eigenvalue weighted by Gasteiger charge is -2.09. The van der Waals surface area contributed by atoms with E-state index in [1.54, 1.807) is 14.2 Å². The van der Waals surface area contributed by atoms with Gasteiger partial charge in [0.05, 0.1) is 20.6 Å². The number of methoxy groups -OCH3 is 2. The van der Waals surface area contributed by atoms with Gasteiger partial charge >= 0.3 is 0 Å². The Morgan fingerprint density at radius 1 is 1.00 bits per heavy atom. The van der Waals surface area contributed by atoms with E-state index in [1.165, 1.54) is 0 Å². The highest BCUT2D eigenvalue weighted by Crippen LogP contribution is 2.17. The fourth-order valence-electron chi connectivity index (χ4n) is 2.03. The van der Waals surface area contributed by atoms with Crippen molar-refractivity contribution in [3.8, 4) is 11.5 Å². The molecule has 2 aromatic carbocycles. The summed E-state index contributed by atoms with van der Waals surface area (Å²) in [5.74, 6) is 1.51. The molecule has 0 fully saturated rings. The number of ether oxygens (including phenoxy) is 2. The van der Waals surface area contributed by atoms with Gasteiger partial charge < -0.3 is 14.8 Å². The Morgan fingerprint density at radius 2 is 1.71 bits per heavy atom. The van der Waals surface area contributed by atoms with Crippen LogP contribution in [0.3, 0.4) is 0 Å². The van der Waals surface area contributed by atoms with Gasteiger partial charge in [-0.1, -0.05) is 30.3 Å². The molecule has 0 saturated carbocycles. The third-order valence-electron chi connectivity index (χ3n) is 3.19. The maximum absolute atomic E-state index is 12.0. The molecule has 0 atom stereocenters. The van der Waals surface area contributed by atoms with Crippen molar-refractivity contribution in [2.24, 2.45) is 0 Å². The summed E-state index contributed by atoms with van der Waals surface area (Å²) in [5, 5.41) is 2.90. The second-order valence-corrected chi connectivity index (χ2v) is 4.61. The highest BCUT2D eigenvalue weighted by Gasteiger charge is 2.07. The van der Waals surface area contributed by atoms with Gasteiger partial charge in [0.25, 0.3) is 0 Å². The summed E-state index contributed by atoms with van der Waals surface area (Å²) in [4.78, 5) is 12.0. The smallest absolute Gasteiger partial charge is 0.224 e. The Kier molecular flexibility index (Phi) is 5.21. The van der Waals surface area contributed by atoms with E-state index in [0.717, 1.165) is 22.6 Å². The molecule has 1 N–H and O–H groups in total. The Hall–Kier alpha value is -2.49. The fraction of sp³-hybridized carbons (Fsp3) is 0.235. The van der Waals surface area contributed by atoms with Crippen molar-refractivity contribution in [3.63, 3.8) is 0 Å². The van der Waals surface area contributed by atoms with Crippen LogP contribution in [0.25, 0.3) is 0 Å². The van der Waals surface area contributed by atoms with E-state index < -0.39 is 0 Å². The Morgan fingerprint density at radius 3 is 2.38 bits per heavy atom. The maximum atomic E-state index is 12.0. The molecule has 0 aliphatic heterocycles. The molecule has 0 aliphatic carbocycles. The zero-order valence-electron chi connectivity index (χ0n) is 12.3. The standard InChI is InChI=1S/C17H19NO3/c1-20-15-9-7-13(8-10-15)12-18-17(19)11-14-5-3-4-6-16(14)21-2/h3-10H,11-12H2,1-2H3,(H,18,19). The highest BCUT2D eigenvalue weighted by atomic mass is 16.5. The minimum Gasteiger partial charge on any atom is -0.497 e. The van der Waals surface area contributed by atoms with Crippen LogP contribution in [0.2, 0.25) is 0 Å². The first kappa shape index (κ1) is 14.9. The Balaban J connectivity index is 1.89. The lowest BCUT2D eigenvalue weighted by atomic mass is 10.1.